The number of thioether (sulfide) groups is 1. The van der Waals surface area contributed by atoms with E-state index in [0.717, 1.165) is 18.2 Å². The molecule has 0 bridgehead atoms. The minimum absolute atomic E-state index is 0.210. The molecule has 0 aromatic heterocycles. The predicted octanol–water partition coefficient (Wildman–Crippen LogP) is 3.01. The number of para-hydroxylation sites is 1. The van der Waals surface area contributed by atoms with Crippen LogP contribution >= 0.6 is 11.8 Å². The zero-order valence-electron chi connectivity index (χ0n) is 11.9. The largest absolute Gasteiger partial charge is 0.369 e. The first-order chi connectivity index (χ1) is 9.74. The van der Waals surface area contributed by atoms with Crippen LogP contribution in [0.25, 0.3) is 0 Å². The first-order valence-corrected chi connectivity index (χ1v) is 8.04. The Hall–Kier alpha value is -1.20. The van der Waals surface area contributed by atoms with Crippen molar-refractivity contribution in [3.05, 3.63) is 24.3 Å². The molecule has 1 heterocycles. The van der Waals surface area contributed by atoms with Crippen molar-refractivity contribution in [1.29, 1.82) is 0 Å². The summed E-state index contributed by atoms with van der Waals surface area (Å²) in [5, 5.41) is 10.3. The quantitative estimate of drug-likeness (QED) is 0.363. The monoisotopic (exact) mass is 294 g/mol. The van der Waals surface area contributed by atoms with Crippen LogP contribution in [-0.4, -0.2) is 41.6 Å². The van der Waals surface area contributed by atoms with E-state index in [1.165, 1.54) is 29.8 Å². The topological polar surface area (TPSA) is 43.8 Å². The van der Waals surface area contributed by atoms with Crippen molar-refractivity contribution in [3.8, 4) is 0 Å². The van der Waals surface area contributed by atoms with Gasteiger partial charge in [0.2, 0.25) is 6.41 Å². The molecule has 4 nitrogen and oxygen atoms in total. The van der Waals surface area contributed by atoms with E-state index >= 15 is 0 Å². The Balaban J connectivity index is 2.07. The first kappa shape index (κ1) is 15.2. The number of hydrogen-bond acceptors (Lipinski definition) is 4. The molecule has 1 aliphatic rings. The van der Waals surface area contributed by atoms with Gasteiger partial charge in [0.25, 0.3) is 0 Å². The summed E-state index contributed by atoms with van der Waals surface area (Å²) >= 11 is 1.74. The van der Waals surface area contributed by atoms with Crippen molar-refractivity contribution < 1.29 is 10.0 Å². The number of anilines is 1. The van der Waals surface area contributed by atoms with Crippen LogP contribution in [0.3, 0.4) is 0 Å². The second-order valence-electron chi connectivity index (χ2n) is 5.09. The van der Waals surface area contributed by atoms with Gasteiger partial charge in [-0.05, 0) is 18.6 Å². The number of nitrogens with zero attached hydrogens (tertiary/aromatic N) is 2. The van der Waals surface area contributed by atoms with Gasteiger partial charge in [-0.15, -0.1) is 11.8 Å². The molecule has 1 N–H and O–H groups in total. The van der Waals surface area contributed by atoms with Crippen LogP contribution < -0.4 is 4.90 Å². The summed E-state index contributed by atoms with van der Waals surface area (Å²) in [6.45, 7) is 4.48. The van der Waals surface area contributed by atoms with Crippen molar-refractivity contribution in [2.24, 2.45) is 0 Å². The molecule has 1 amide bonds. The highest BCUT2D eigenvalue weighted by molar-refractivity contribution is 8.00. The normalized spacial score (nSPS) is 17.7. The lowest BCUT2D eigenvalue weighted by Gasteiger charge is -2.36. The first-order valence-electron chi connectivity index (χ1n) is 7.16. The van der Waals surface area contributed by atoms with Gasteiger partial charge in [0, 0.05) is 23.2 Å². The molecule has 1 unspecified atom stereocenters. The number of unbranched alkanes of at least 4 members (excludes halogenated alkanes) is 2. The molecule has 5 heteroatoms. The molecule has 1 aliphatic heterocycles. The molecule has 20 heavy (non-hydrogen) atoms. The average molecular weight is 294 g/mol. The highest BCUT2D eigenvalue weighted by Crippen LogP contribution is 2.38. The fraction of sp³-hybridized carbons (Fsp3) is 0.533. The maximum Gasteiger partial charge on any atom is 0.233 e. The summed E-state index contributed by atoms with van der Waals surface area (Å²) in [4.78, 5) is 14.2. The van der Waals surface area contributed by atoms with Gasteiger partial charge in [0.1, 0.15) is 0 Å². The van der Waals surface area contributed by atoms with Crippen LogP contribution in [0.2, 0.25) is 0 Å². The van der Waals surface area contributed by atoms with Gasteiger partial charge in [0.15, 0.2) is 0 Å². The molecule has 2 rings (SSSR count). The second kappa shape index (κ2) is 7.55. The Morgan fingerprint density at radius 2 is 2.25 bits per heavy atom. The Labute approximate surface area is 124 Å². The fourth-order valence-corrected chi connectivity index (χ4v) is 3.81. The Morgan fingerprint density at radius 1 is 1.45 bits per heavy atom. The molecule has 0 aliphatic carbocycles. The number of hydroxylamine groups is 2. The van der Waals surface area contributed by atoms with Crippen molar-refractivity contribution >= 4 is 23.9 Å². The summed E-state index contributed by atoms with van der Waals surface area (Å²) in [5.41, 5.74) is 1.28. The summed E-state index contributed by atoms with van der Waals surface area (Å²) < 4.78 is 0. The number of benzene rings is 1. The van der Waals surface area contributed by atoms with E-state index in [9.17, 15) is 10.0 Å². The molecule has 1 aromatic rings. The summed E-state index contributed by atoms with van der Waals surface area (Å²) in [6.07, 6.45) is 4.10. The SMILES string of the molecule is CCCCCN1CC(CN(O)C=O)Sc2ccccc21. The van der Waals surface area contributed by atoms with Gasteiger partial charge in [-0.25, -0.2) is 5.06 Å². The number of carbonyl (C=O) groups is 1. The molecular formula is C15H22N2O2S. The highest BCUT2D eigenvalue weighted by Gasteiger charge is 2.25. The van der Waals surface area contributed by atoms with Crippen LogP contribution in [0.4, 0.5) is 5.69 Å². The summed E-state index contributed by atoms with van der Waals surface area (Å²) in [7, 11) is 0. The minimum Gasteiger partial charge on any atom is -0.369 e. The smallest absolute Gasteiger partial charge is 0.233 e. The van der Waals surface area contributed by atoms with Gasteiger partial charge in [-0.1, -0.05) is 31.9 Å². The Morgan fingerprint density at radius 3 is 3.00 bits per heavy atom. The van der Waals surface area contributed by atoms with Crippen molar-refractivity contribution in [2.45, 2.75) is 36.3 Å². The summed E-state index contributed by atoms with van der Waals surface area (Å²) in [6, 6.07) is 8.37. The number of fused-ring (bicyclic) bond motifs is 1. The zero-order valence-corrected chi connectivity index (χ0v) is 12.7. The van der Waals surface area contributed by atoms with Gasteiger partial charge in [-0.2, -0.15) is 0 Å². The predicted molar refractivity (Wildman–Crippen MR) is 82.4 cm³/mol. The lowest BCUT2D eigenvalue weighted by atomic mass is 10.2. The van der Waals surface area contributed by atoms with Gasteiger partial charge < -0.3 is 4.90 Å². The van der Waals surface area contributed by atoms with Crippen LogP contribution in [0, 0.1) is 0 Å². The van der Waals surface area contributed by atoms with E-state index in [2.05, 4.69) is 30.0 Å². The van der Waals surface area contributed by atoms with E-state index < -0.39 is 0 Å². The summed E-state index contributed by atoms with van der Waals surface area (Å²) in [5.74, 6) is 0. The number of amides is 1. The average Bonchev–Trinajstić information content (AvgIpc) is 2.47. The molecule has 0 radical (unpaired) electrons. The molecule has 0 saturated heterocycles. The highest BCUT2D eigenvalue weighted by atomic mass is 32.2. The molecule has 0 saturated carbocycles. The lowest BCUT2D eigenvalue weighted by molar-refractivity contribution is -0.149. The lowest BCUT2D eigenvalue weighted by Crippen LogP contribution is -2.40. The van der Waals surface area contributed by atoms with E-state index in [-0.39, 0.29) is 5.25 Å². The molecule has 1 aromatic carbocycles. The van der Waals surface area contributed by atoms with E-state index in [0.29, 0.717) is 13.0 Å². The minimum atomic E-state index is 0.210. The van der Waals surface area contributed by atoms with E-state index in [1.54, 1.807) is 11.8 Å². The van der Waals surface area contributed by atoms with Gasteiger partial charge in [0.05, 0.1) is 12.2 Å². The van der Waals surface area contributed by atoms with Gasteiger partial charge >= 0.3 is 0 Å². The molecular weight excluding hydrogens is 272 g/mol. The number of rotatable bonds is 7. The van der Waals surface area contributed by atoms with E-state index in [1.807, 2.05) is 6.07 Å². The molecule has 110 valence electrons. The van der Waals surface area contributed by atoms with Crippen LogP contribution in [0.1, 0.15) is 26.2 Å². The Kier molecular flexibility index (Phi) is 5.73. The third kappa shape index (κ3) is 3.90. The van der Waals surface area contributed by atoms with E-state index in [4.69, 9.17) is 0 Å². The third-order valence-electron chi connectivity index (χ3n) is 3.47. The molecule has 0 spiro atoms. The number of carbonyl (C=O) groups excluding carboxylic acids is 1. The number of hydrogen-bond donors (Lipinski definition) is 1. The van der Waals surface area contributed by atoms with Gasteiger partial charge in [-0.3, -0.25) is 10.0 Å². The zero-order chi connectivity index (χ0) is 14.4. The second-order valence-corrected chi connectivity index (χ2v) is 6.43. The maximum absolute atomic E-state index is 10.6. The molecule has 1 atom stereocenters. The van der Waals surface area contributed by atoms with Crippen LogP contribution in [0.5, 0.6) is 0 Å². The van der Waals surface area contributed by atoms with Crippen LogP contribution in [-0.2, 0) is 4.79 Å². The van der Waals surface area contributed by atoms with Crippen molar-refractivity contribution in [1.82, 2.24) is 5.06 Å². The van der Waals surface area contributed by atoms with Crippen molar-refractivity contribution in [3.63, 3.8) is 0 Å². The standard InChI is InChI=1S/C15H22N2O2S/c1-2-3-6-9-16-10-13(11-17(19)12-18)20-15-8-5-4-7-14(15)16/h4-5,7-8,12-13,19H,2-3,6,9-11H2,1H3. The third-order valence-corrected chi connectivity index (χ3v) is 4.70. The maximum atomic E-state index is 10.6. The van der Waals surface area contributed by atoms with Crippen molar-refractivity contribution in [2.75, 3.05) is 24.5 Å². The Bertz CT molecular complexity index is 442. The molecule has 0 fully saturated rings. The van der Waals surface area contributed by atoms with Crippen LogP contribution in [0.15, 0.2) is 29.2 Å². The fourth-order valence-electron chi connectivity index (χ4n) is 2.49.